The van der Waals surface area contributed by atoms with Crippen LogP contribution in [0, 0.1) is 6.92 Å². The molecule has 6 aromatic rings. The highest BCUT2D eigenvalue weighted by Gasteiger charge is 2.23. The van der Waals surface area contributed by atoms with Crippen molar-refractivity contribution >= 4 is 47.1 Å². The molecule has 50 heavy (non-hydrogen) atoms. The minimum atomic E-state index is -0.592. The molecule has 0 aliphatic heterocycles. The average Bonchev–Trinajstić information content (AvgIpc) is 3.79. The third-order valence-electron chi connectivity index (χ3n) is 7.40. The first-order chi connectivity index (χ1) is 24.4. The highest BCUT2D eigenvalue weighted by Crippen LogP contribution is 2.37. The fourth-order valence-electron chi connectivity index (χ4n) is 4.98. The van der Waals surface area contributed by atoms with Crippen molar-refractivity contribution in [2.24, 2.45) is 0 Å². The molecule has 2 aromatic heterocycles. The normalized spacial score (nSPS) is 11.8. The third-order valence-corrected chi connectivity index (χ3v) is 8.67. The number of rotatable bonds is 12. The Hall–Kier alpha value is -6.33. The van der Waals surface area contributed by atoms with Crippen LogP contribution in [-0.4, -0.2) is 30.0 Å². The molecule has 11 heteroatoms. The van der Waals surface area contributed by atoms with Crippen LogP contribution in [0.1, 0.15) is 32.7 Å². The van der Waals surface area contributed by atoms with E-state index in [0.717, 1.165) is 16.0 Å². The maximum absolute atomic E-state index is 13.6. The smallest absolute Gasteiger partial charge is 0.272 e. The molecule has 1 atom stereocenters. The molecular weight excluding hydrogens is 653 g/mol. The van der Waals surface area contributed by atoms with E-state index in [9.17, 15) is 14.4 Å². The molecule has 0 unspecified atom stereocenters. The summed E-state index contributed by atoms with van der Waals surface area (Å²) < 4.78 is 16.6. The van der Waals surface area contributed by atoms with Crippen molar-refractivity contribution in [1.29, 1.82) is 0 Å². The molecule has 0 bridgehead atoms. The number of nitrogens with zero attached hydrogens (tertiary/aromatic N) is 1. The number of methoxy groups -OCH3 is 1. The number of anilines is 2. The first kappa shape index (κ1) is 33.6. The summed E-state index contributed by atoms with van der Waals surface area (Å²) in [5, 5.41) is 11.7. The molecule has 0 saturated heterocycles. The van der Waals surface area contributed by atoms with E-state index in [1.165, 1.54) is 17.8 Å². The van der Waals surface area contributed by atoms with Gasteiger partial charge in [0.15, 0.2) is 5.82 Å². The number of carbonyl (C=O) groups is 3. The molecule has 10 nitrogen and oxygen atoms in total. The zero-order valence-electron chi connectivity index (χ0n) is 27.1. The van der Waals surface area contributed by atoms with E-state index in [1.54, 1.807) is 74.7 Å². The molecule has 250 valence electrons. The van der Waals surface area contributed by atoms with E-state index in [1.807, 2.05) is 66.7 Å². The number of para-hydroxylation sites is 1. The van der Waals surface area contributed by atoms with Gasteiger partial charge in [-0.25, -0.2) is 0 Å². The van der Waals surface area contributed by atoms with Gasteiger partial charge in [0.05, 0.1) is 12.7 Å². The van der Waals surface area contributed by atoms with Crippen LogP contribution in [0.15, 0.2) is 147 Å². The molecule has 3 N–H and O–H groups in total. The number of carbonyl (C=O) groups excluding carboxylic acids is 3. The van der Waals surface area contributed by atoms with Crippen molar-refractivity contribution in [3.8, 4) is 17.1 Å². The third kappa shape index (κ3) is 8.38. The predicted octanol–water partition coefficient (Wildman–Crippen LogP) is 8.13. The Morgan fingerprint density at radius 3 is 2.22 bits per heavy atom. The Kier molecular flexibility index (Phi) is 10.5. The van der Waals surface area contributed by atoms with Gasteiger partial charge in [0, 0.05) is 28.3 Å². The lowest BCUT2D eigenvalue weighted by molar-refractivity contribution is -0.116. The summed E-state index contributed by atoms with van der Waals surface area (Å²) in [6.45, 7) is 1.75. The minimum absolute atomic E-state index is 0.0258. The van der Waals surface area contributed by atoms with Gasteiger partial charge in [0.2, 0.25) is 5.91 Å². The number of benzene rings is 4. The number of aromatic nitrogens is 1. The number of hydrogen-bond donors (Lipinski definition) is 3. The molecule has 3 amide bonds. The van der Waals surface area contributed by atoms with Crippen molar-refractivity contribution in [3.63, 3.8) is 0 Å². The summed E-state index contributed by atoms with van der Waals surface area (Å²) in [5.41, 5.74) is 2.39. The van der Waals surface area contributed by atoms with Gasteiger partial charge in [0.25, 0.3) is 11.8 Å². The second-order valence-corrected chi connectivity index (χ2v) is 12.2. The van der Waals surface area contributed by atoms with E-state index in [2.05, 4.69) is 21.1 Å². The van der Waals surface area contributed by atoms with Crippen molar-refractivity contribution in [2.45, 2.75) is 17.1 Å². The van der Waals surface area contributed by atoms with Crippen molar-refractivity contribution in [2.75, 3.05) is 17.7 Å². The summed E-state index contributed by atoms with van der Waals surface area (Å²) in [6, 6.07) is 37.6. The standard InChI is InChI=1S/C39H32N4O6S/c1-25-23-35(43-49-25)42-39(46)36(26-11-5-3-6-12-26)50-30-20-17-28(18-21-30)40-38(45)32(41-37(44)27-13-7-4-8-14-27)24-29-19-22-34(48-29)31-15-9-10-16-33(31)47-2/h3-24,36H,1-2H3,(H,40,45)(H,41,44)(H,42,43,46)/b32-24+/t36-/m0/s1. The molecular formula is C39H32N4O6S. The van der Waals surface area contributed by atoms with Crippen molar-refractivity contribution in [1.82, 2.24) is 10.5 Å². The lowest BCUT2D eigenvalue weighted by Crippen LogP contribution is -2.30. The number of amides is 3. The van der Waals surface area contributed by atoms with Crippen LogP contribution in [-0.2, 0) is 9.59 Å². The average molecular weight is 685 g/mol. The van der Waals surface area contributed by atoms with Gasteiger partial charge in [0.1, 0.15) is 34.0 Å². The fourth-order valence-corrected chi connectivity index (χ4v) is 6.00. The number of aryl methyl sites for hydroxylation is 1. The van der Waals surface area contributed by atoms with Gasteiger partial charge in [-0.15, -0.1) is 11.8 Å². The molecule has 6 rings (SSSR count). The molecule has 0 aliphatic carbocycles. The van der Waals surface area contributed by atoms with Crippen LogP contribution in [0.25, 0.3) is 17.4 Å². The Bertz CT molecular complexity index is 2120. The van der Waals surface area contributed by atoms with Crippen LogP contribution in [0.4, 0.5) is 11.5 Å². The minimum Gasteiger partial charge on any atom is -0.496 e. The highest BCUT2D eigenvalue weighted by atomic mass is 32.2. The van der Waals surface area contributed by atoms with Crippen LogP contribution in [0.2, 0.25) is 0 Å². The number of furan rings is 1. The lowest BCUT2D eigenvalue weighted by Gasteiger charge is -2.16. The first-order valence-corrected chi connectivity index (χ1v) is 16.4. The van der Waals surface area contributed by atoms with E-state index < -0.39 is 17.1 Å². The number of ether oxygens (including phenoxy) is 1. The fraction of sp³-hybridized carbons (Fsp3) is 0.0769. The van der Waals surface area contributed by atoms with Crippen molar-refractivity contribution in [3.05, 3.63) is 156 Å². The molecule has 0 saturated carbocycles. The molecule has 2 heterocycles. The topological polar surface area (TPSA) is 136 Å². The van der Waals surface area contributed by atoms with Crippen LogP contribution < -0.4 is 20.7 Å². The molecule has 0 radical (unpaired) electrons. The summed E-state index contributed by atoms with van der Waals surface area (Å²) in [6.07, 6.45) is 1.47. The van der Waals surface area contributed by atoms with Gasteiger partial charge in [-0.1, -0.05) is 65.8 Å². The summed E-state index contributed by atoms with van der Waals surface area (Å²) in [5.74, 6) is 1.16. The maximum atomic E-state index is 13.6. The zero-order valence-corrected chi connectivity index (χ0v) is 27.9. The van der Waals surface area contributed by atoms with E-state index in [-0.39, 0.29) is 11.6 Å². The Balaban J connectivity index is 1.21. The van der Waals surface area contributed by atoms with Gasteiger partial charge in [-0.05, 0) is 73.2 Å². The quantitative estimate of drug-likeness (QED) is 0.0869. The van der Waals surface area contributed by atoms with Crippen LogP contribution >= 0.6 is 11.8 Å². The zero-order chi connectivity index (χ0) is 34.9. The van der Waals surface area contributed by atoms with Crippen LogP contribution in [0.5, 0.6) is 5.75 Å². The maximum Gasteiger partial charge on any atom is 0.272 e. The summed E-state index contributed by atoms with van der Waals surface area (Å²) in [4.78, 5) is 40.9. The lowest BCUT2D eigenvalue weighted by atomic mass is 10.1. The predicted molar refractivity (Wildman–Crippen MR) is 193 cm³/mol. The second-order valence-electron chi connectivity index (χ2n) is 11.0. The van der Waals surface area contributed by atoms with Crippen LogP contribution in [0.3, 0.4) is 0 Å². The molecule has 0 spiro atoms. The van der Waals surface area contributed by atoms with Gasteiger partial charge in [-0.3, -0.25) is 14.4 Å². The van der Waals surface area contributed by atoms with Gasteiger partial charge < -0.3 is 29.6 Å². The highest BCUT2D eigenvalue weighted by molar-refractivity contribution is 8.00. The second kappa shape index (κ2) is 15.7. The van der Waals surface area contributed by atoms with E-state index in [4.69, 9.17) is 13.7 Å². The Morgan fingerprint density at radius 1 is 0.820 bits per heavy atom. The molecule has 0 fully saturated rings. The largest absolute Gasteiger partial charge is 0.496 e. The Morgan fingerprint density at radius 2 is 1.52 bits per heavy atom. The number of thioether (sulfide) groups is 1. The van der Waals surface area contributed by atoms with E-state index in [0.29, 0.717) is 40.1 Å². The SMILES string of the molecule is COc1ccccc1-c1ccc(/C=C(/NC(=O)c2ccccc2)C(=O)Nc2ccc(S[C@H](C(=O)Nc3cc(C)on3)c3ccccc3)cc2)o1. The van der Waals surface area contributed by atoms with E-state index >= 15 is 0 Å². The monoisotopic (exact) mass is 684 g/mol. The Labute approximate surface area is 292 Å². The molecule has 0 aliphatic rings. The summed E-state index contributed by atoms with van der Waals surface area (Å²) in [7, 11) is 1.58. The number of hydrogen-bond acceptors (Lipinski definition) is 8. The molecule has 4 aromatic carbocycles. The first-order valence-electron chi connectivity index (χ1n) is 15.5. The summed E-state index contributed by atoms with van der Waals surface area (Å²) >= 11 is 1.35. The van der Waals surface area contributed by atoms with Gasteiger partial charge >= 0.3 is 0 Å². The number of nitrogens with one attached hydrogen (secondary N) is 3. The van der Waals surface area contributed by atoms with Gasteiger partial charge in [-0.2, -0.15) is 0 Å². The van der Waals surface area contributed by atoms with Crippen molar-refractivity contribution < 1.29 is 28.1 Å².